The largest absolute Gasteiger partial charge is 0.508 e. The number of hydrogen-bond donors (Lipinski definition) is 9. The molecule has 15 nitrogen and oxygen atoms in total. The zero-order valence-corrected chi connectivity index (χ0v) is 21.9. The van der Waals surface area contributed by atoms with E-state index < -0.39 is 90.3 Å². The minimum atomic E-state index is -1.87. The van der Waals surface area contributed by atoms with E-state index in [1.54, 1.807) is 0 Å². The van der Waals surface area contributed by atoms with Crippen LogP contribution in [0.4, 0.5) is 0 Å². The molecule has 0 spiro atoms. The van der Waals surface area contributed by atoms with Crippen molar-refractivity contribution in [3.63, 3.8) is 0 Å². The van der Waals surface area contributed by atoms with Crippen molar-refractivity contribution in [2.24, 2.45) is 0 Å². The van der Waals surface area contributed by atoms with Crippen LogP contribution in [0.25, 0.3) is 22.3 Å². The monoisotopic (exact) mass is 594 g/mol. The summed E-state index contributed by atoms with van der Waals surface area (Å²) in [5, 5.41) is 90.7. The molecule has 10 atom stereocenters. The summed E-state index contributed by atoms with van der Waals surface area (Å²) in [4.78, 5) is 13.7. The van der Waals surface area contributed by atoms with Crippen LogP contribution >= 0.6 is 0 Å². The summed E-state index contributed by atoms with van der Waals surface area (Å²) in [6.45, 7) is 0.702. The molecule has 0 unspecified atom stereocenters. The average molecular weight is 595 g/mol. The van der Waals surface area contributed by atoms with Crippen molar-refractivity contribution in [1.82, 2.24) is 0 Å². The van der Waals surface area contributed by atoms with E-state index in [0.29, 0.717) is 0 Å². The van der Waals surface area contributed by atoms with Crippen molar-refractivity contribution in [1.29, 1.82) is 0 Å². The first-order valence-corrected chi connectivity index (χ1v) is 12.9. The van der Waals surface area contributed by atoms with Crippen molar-refractivity contribution < 1.29 is 69.3 Å². The highest BCUT2D eigenvalue weighted by molar-refractivity contribution is 5.88. The van der Waals surface area contributed by atoms with E-state index in [1.807, 2.05) is 0 Å². The summed E-state index contributed by atoms with van der Waals surface area (Å²) in [5.41, 5.74) is -1.01. The van der Waals surface area contributed by atoms with Crippen LogP contribution in [-0.2, 0) is 9.47 Å². The molecule has 0 amide bonds. The average Bonchev–Trinajstić information content (AvgIpc) is 2.96. The van der Waals surface area contributed by atoms with Crippen LogP contribution in [0.1, 0.15) is 6.92 Å². The summed E-state index contributed by atoms with van der Waals surface area (Å²) < 4.78 is 28.0. The number of aliphatic hydroxyl groups excluding tert-OH is 7. The van der Waals surface area contributed by atoms with Gasteiger partial charge in [-0.15, -0.1) is 0 Å². The molecular formula is C27H30O15. The van der Waals surface area contributed by atoms with Gasteiger partial charge >= 0.3 is 0 Å². The number of aromatic hydroxyl groups is 2. The Bertz CT molecular complexity index is 1470. The van der Waals surface area contributed by atoms with E-state index in [4.69, 9.17) is 23.4 Å². The number of rotatable bonds is 6. The van der Waals surface area contributed by atoms with Crippen LogP contribution in [-0.4, -0.2) is 114 Å². The first kappa shape index (κ1) is 30.0. The lowest BCUT2D eigenvalue weighted by molar-refractivity contribution is -0.277. The summed E-state index contributed by atoms with van der Waals surface area (Å²) in [6.07, 6.45) is -15.5. The fourth-order valence-electron chi connectivity index (χ4n) is 4.76. The van der Waals surface area contributed by atoms with Gasteiger partial charge in [0.15, 0.2) is 5.76 Å². The molecule has 2 aromatic carbocycles. The Morgan fingerprint density at radius 3 is 2.05 bits per heavy atom. The van der Waals surface area contributed by atoms with Crippen molar-refractivity contribution in [2.75, 3.05) is 6.61 Å². The lowest BCUT2D eigenvalue weighted by atomic mass is 9.99. The molecule has 2 fully saturated rings. The Morgan fingerprint density at radius 1 is 0.786 bits per heavy atom. The minimum Gasteiger partial charge on any atom is -0.508 e. The van der Waals surface area contributed by atoms with Gasteiger partial charge in [-0.25, -0.2) is 0 Å². The number of phenols is 2. The molecule has 2 saturated heterocycles. The summed E-state index contributed by atoms with van der Waals surface area (Å²) in [7, 11) is 0. The van der Waals surface area contributed by atoms with E-state index in [9.17, 15) is 50.8 Å². The molecule has 0 aliphatic carbocycles. The zero-order valence-electron chi connectivity index (χ0n) is 21.9. The molecule has 0 radical (unpaired) electrons. The third-order valence-corrected chi connectivity index (χ3v) is 7.18. The maximum absolute atomic E-state index is 13.7. The molecule has 2 aliphatic rings. The summed E-state index contributed by atoms with van der Waals surface area (Å²) >= 11 is 0. The number of phenolic OH excluding ortho intramolecular Hbond substituents is 2. The molecule has 228 valence electrons. The maximum atomic E-state index is 13.7. The van der Waals surface area contributed by atoms with Crippen LogP contribution < -0.4 is 14.9 Å². The SMILES string of the molecule is C[C@H]1O[C@H](Oc2cc(O)c3c(=O)c(O[C@H]4O[C@H](CO)[C@@H](O)[C@H](O)[C@H]4O)c(-c4ccc(O)cc4)oc3c2)[C@H](O)[C@H](O)[C@H]1O. The van der Waals surface area contributed by atoms with Crippen LogP contribution in [0.3, 0.4) is 0 Å². The second kappa shape index (κ2) is 11.6. The number of hydrogen-bond acceptors (Lipinski definition) is 15. The molecule has 3 aromatic rings. The van der Waals surface area contributed by atoms with Crippen molar-refractivity contribution in [3.05, 3.63) is 46.6 Å². The van der Waals surface area contributed by atoms with Gasteiger partial charge in [-0.1, -0.05) is 0 Å². The van der Waals surface area contributed by atoms with Gasteiger partial charge in [0.25, 0.3) is 0 Å². The maximum Gasteiger partial charge on any atom is 0.239 e. The second-order valence-electron chi connectivity index (χ2n) is 10.1. The van der Waals surface area contributed by atoms with Gasteiger partial charge in [0, 0.05) is 17.7 Å². The first-order valence-electron chi connectivity index (χ1n) is 12.9. The predicted molar refractivity (Wildman–Crippen MR) is 139 cm³/mol. The molecule has 42 heavy (non-hydrogen) atoms. The molecule has 0 bridgehead atoms. The van der Waals surface area contributed by atoms with E-state index in [1.165, 1.54) is 37.3 Å². The van der Waals surface area contributed by atoms with E-state index in [2.05, 4.69) is 0 Å². The Hall–Kier alpha value is -3.51. The summed E-state index contributed by atoms with van der Waals surface area (Å²) in [6, 6.07) is 7.53. The number of benzene rings is 2. The van der Waals surface area contributed by atoms with Crippen molar-refractivity contribution in [2.45, 2.75) is 68.3 Å². The normalized spacial score (nSPS) is 33.4. The smallest absolute Gasteiger partial charge is 0.239 e. The molecule has 0 saturated carbocycles. The quantitative estimate of drug-likeness (QED) is 0.154. The van der Waals surface area contributed by atoms with Gasteiger partial charge in [-0.2, -0.15) is 0 Å². The minimum absolute atomic E-state index is 0.112. The van der Waals surface area contributed by atoms with Gasteiger partial charge in [-0.3, -0.25) is 4.79 Å². The predicted octanol–water partition coefficient (Wildman–Crippen LogP) is -1.74. The van der Waals surface area contributed by atoms with Crippen LogP contribution in [0.5, 0.6) is 23.0 Å². The molecular weight excluding hydrogens is 564 g/mol. The third-order valence-electron chi connectivity index (χ3n) is 7.18. The van der Waals surface area contributed by atoms with Gasteiger partial charge in [-0.05, 0) is 31.2 Å². The first-order chi connectivity index (χ1) is 19.9. The van der Waals surface area contributed by atoms with Crippen LogP contribution in [0.15, 0.2) is 45.6 Å². The molecule has 1 aromatic heterocycles. The van der Waals surface area contributed by atoms with Crippen LogP contribution in [0, 0.1) is 0 Å². The highest BCUT2D eigenvalue weighted by atomic mass is 16.7. The highest BCUT2D eigenvalue weighted by Gasteiger charge is 2.46. The van der Waals surface area contributed by atoms with E-state index in [0.717, 1.165) is 6.07 Å². The molecule has 5 rings (SSSR count). The lowest BCUT2D eigenvalue weighted by Crippen LogP contribution is -2.60. The van der Waals surface area contributed by atoms with Crippen molar-refractivity contribution >= 4 is 11.0 Å². The van der Waals surface area contributed by atoms with Gasteiger partial charge < -0.3 is 69.3 Å². The van der Waals surface area contributed by atoms with Gasteiger partial charge in [0.1, 0.15) is 70.9 Å². The van der Waals surface area contributed by atoms with Gasteiger partial charge in [0.05, 0.1) is 12.7 Å². The summed E-state index contributed by atoms with van der Waals surface area (Å²) in [5.74, 6) is -1.77. The Morgan fingerprint density at radius 2 is 1.40 bits per heavy atom. The third kappa shape index (κ3) is 5.37. The fourth-order valence-corrected chi connectivity index (χ4v) is 4.76. The fraction of sp³-hybridized carbons (Fsp3) is 0.444. The molecule has 3 heterocycles. The second-order valence-corrected chi connectivity index (χ2v) is 10.1. The Kier molecular flexibility index (Phi) is 8.30. The topological polar surface area (TPSA) is 249 Å². The van der Waals surface area contributed by atoms with E-state index in [-0.39, 0.29) is 28.4 Å². The van der Waals surface area contributed by atoms with Crippen molar-refractivity contribution in [3.8, 4) is 34.3 Å². The molecule has 9 N–H and O–H groups in total. The van der Waals surface area contributed by atoms with Gasteiger partial charge in [0.2, 0.25) is 23.8 Å². The lowest BCUT2D eigenvalue weighted by Gasteiger charge is -2.39. The van der Waals surface area contributed by atoms with Crippen LogP contribution in [0.2, 0.25) is 0 Å². The number of ether oxygens (including phenoxy) is 4. The molecule has 15 heteroatoms. The number of fused-ring (bicyclic) bond motifs is 1. The Labute approximate surface area is 236 Å². The highest BCUT2D eigenvalue weighted by Crippen LogP contribution is 2.38. The molecule has 2 aliphatic heterocycles. The van der Waals surface area contributed by atoms with E-state index >= 15 is 0 Å². The Balaban J connectivity index is 1.58. The number of aliphatic hydroxyl groups is 7. The standard InChI is InChI=1S/C27H30O15/c1-9-17(31)20(34)22(36)26(38-9)39-12-6-13(30)16-14(7-12)40-24(10-2-4-11(29)5-3-10)25(19(16)33)42-27-23(37)21(35)18(32)15(8-28)41-27/h2-7,9,15,17-18,20-23,26-32,34-37H,8H2,1H3/t9-,15-,17+,18-,20-,21+,22-,23-,26-,27-/m1/s1. The zero-order chi connectivity index (χ0) is 30.5.